The van der Waals surface area contributed by atoms with Crippen molar-refractivity contribution >= 4 is 10.0 Å². The molecule has 0 aliphatic carbocycles. The first kappa shape index (κ1) is 17.1. The van der Waals surface area contributed by atoms with E-state index in [4.69, 9.17) is 5.73 Å². The first-order valence-corrected chi connectivity index (χ1v) is 8.45. The van der Waals surface area contributed by atoms with Gasteiger partial charge in [0, 0.05) is 25.7 Å². The fraction of sp³-hybridized carbons (Fsp3) is 0.571. The Bertz CT molecular complexity index is 498. The Morgan fingerprint density at radius 2 is 1.75 bits per heavy atom. The average molecular weight is 299 g/mol. The fourth-order valence-electron chi connectivity index (χ4n) is 1.68. The van der Waals surface area contributed by atoms with Gasteiger partial charge in [-0.25, -0.2) is 13.1 Å². The summed E-state index contributed by atoms with van der Waals surface area (Å²) in [5.74, 6) is 0.00322. The van der Waals surface area contributed by atoms with E-state index in [0.717, 1.165) is 11.1 Å². The van der Waals surface area contributed by atoms with Gasteiger partial charge in [0.25, 0.3) is 0 Å². The largest absolute Gasteiger partial charge is 0.326 e. The fourth-order valence-corrected chi connectivity index (χ4v) is 2.81. The zero-order chi connectivity index (χ0) is 15.2. The van der Waals surface area contributed by atoms with Crippen LogP contribution in [0, 0.1) is 0 Å². The first-order chi connectivity index (χ1) is 9.34. The van der Waals surface area contributed by atoms with E-state index in [1.165, 1.54) is 0 Å². The lowest BCUT2D eigenvalue weighted by Crippen LogP contribution is -2.36. The molecule has 1 aromatic carbocycles. The molecule has 0 atom stereocenters. The van der Waals surface area contributed by atoms with Gasteiger partial charge in [-0.2, -0.15) is 0 Å². The van der Waals surface area contributed by atoms with Gasteiger partial charge in [-0.15, -0.1) is 0 Å². The van der Waals surface area contributed by atoms with E-state index in [2.05, 4.69) is 23.5 Å². The molecule has 0 unspecified atom stereocenters. The molecule has 0 radical (unpaired) electrons. The highest BCUT2D eigenvalue weighted by Crippen LogP contribution is 2.07. The maximum Gasteiger partial charge on any atom is 0.215 e. The minimum atomic E-state index is -3.28. The number of hydrogen-bond donors (Lipinski definition) is 2. The van der Waals surface area contributed by atoms with Gasteiger partial charge < -0.3 is 10.6 Å². The van der Waals surface area contributed by atoms with Gasteiger partial charge in [-0.3, -0.25) is 0 Å². The van der Waals surface area contributed by atoms with Crippen molar-refractivity contribution in [2.75, 3.05) is 20.1 Å². The average Bonchev–Trinajstić information content (AvgIpc) is 2.38. The lowest BCUT2D eigenvalue weighted by Gasteiger charge is -2.20. The summed E-state index contributed by atoms with van der Waals surface area (Å²) in [6.07, 6.45) is 0. The van der Waals surface area contributed by atoms with Crippen LogP contribution in [0.3, 0.4) is 0 Å². The van der Waals surface area contributed by atoms with Crippen LogP contribution in [0.25, 0.3) is 0 Å². The van der Waals surface area contributed by atoms with E-state index in [1.807, 2.05) is 31.3 Å². The minimum Gasteiger partial charge on any atom is -0.326 e. The quantitative estimate of drug-likeness (QED) is 0.748. The van der Waals surface area contributed by atoms with Gasteiger partial charge in [0.15, 0.2) is 0 Å². The molecule has 114 valence electrons. The summed E-state index contributed by atoms with van der Waals surface area (Å²) in [5, 5.41) is 0. The highest BCUT2D eigenvalue weighted by Gasteiger charge is 2.12. The van der Waals surface area contributed by atoms with Crippen molar-refractivity contribution in [1.29, 1.82) is 0 Å². The number of nitrogens with two attached hydrogens (primary N) is 1. The number of rotatable bonds is 8. The normalized spacial score (nSPS) is 12.3. The zero-order valence-electron chi connectivity index (χ0n) is 12.5. The molecule has 5 nitrogen and oxygen atoms in total. The third-order valence-corrected chi connectivity index (χ3v) is 4.64. The second kappa shape index (κ2) is 7.73. The van der Waals surface area contributed by atoms with Crippen LogP contribution in [-0.4, -0.2) is 39.5 Å². The van der Waals surface area contributed by atoms with Crippen molar-refractivity contribution in [3.63, 3.8) is 0 Å². The highest BCUT2D eigenvalue weighted by molar-refractivity contribution is 7.88. The molecule has 3 N–H and O–H groups in total. The molecular weight excluding hydrogens is 274 g/mol. The van der Waals surface area contributed by atoms with Gasteiger partial charge in [-0.1, -0.05) is 24.3 Å². The van der Waals surface area contributed by atoms with Crippen LogP contribution in [0.2, 0.25) is 0 Å². The number of sulfonamides is 1. The third kappa shape index (κ3) is 6.00. The summed E-state index contributed by atoms with van der Waals surface area (Å²) < 4.78 is 26.5. The molecule has 0 bridgehead atoms. The van der Waals surface area contributed by atoms with Crippen molar-refractivity contribution in [3.8, 4) is 0 Å². The van der Waals surface area contributed by atoms with Crippen LogP contribution in [0.5, 0.6) is 0 Å². The Morgan fingerprint density at radius 1 is 1.20 bits per heavy atom. The Hall–Kier alpha value is -0.950. The summed E-state index contributed by atoms with van der Waals surface area (Å²) in [7, 11) is -1.31. The van der Waals surface area contributed by atoms with E-state index in [1.54, 1.807) is 0 Å². The van der Waals surface area contributed by atoms with Gasteiger partial charge in [0.1, 0.15) is 0 Å². The summed E-state index contributed by atoms with van der Waals surface area (Å²) in [6, 6.07) is 7.74. The molecule has 1 rings (SSSR count). The van der Waals surface area contributed by atoms with E-state index in [-0.39, 0.29) is 5.75 Å². The van der Waals surface area contributed by atoms with Crippen molar-refractivity contribution < 1.29 is 8.42 Å². The number of hydrogen-bond acceptors (Lipinski definition) is 4. The van der Waals surface area contributed by atoms with Crippen molar-refractivity contribution in [1.82, 2.24) is 9.62 Å². The van der Waals surface area contributed by atoms with E-state index in [0.29, 0.717) is 25.7 Å². The summed E-state index contributed by atoms with van der Waals surface area (Å²) in [6.45, 7) is 5.74. The van der Waals surface area contributed by atoms with Crippen LogP contribution in [0.15, 0.2) is 24.3 Å². The first-order valence-electron chi connectivity index (χ1n) is 6.79. The number of likely N-dealkylation sites (N-methyl/N-ethyl adjacent to an activating group) is 1. The molecule has 0 aliphatic rings. The Kier molecular flexibility index (Phi) is 6.61. The predicted octanol–water partition coefficient (Wildman–Crippen LogP) is 0.905. The molecule has 0 heterocycles. The summed E-state index contributed by atoms with van der Waals surface area (Å²) in [4.78, 5) is 2.10. The molecule has 1 aromatic rings. The van der Waals surface area contributed by atoms with Crippen molar-refractivity contribution in [3.05, 3.63) is 35.4 Å². The standard InChI is InChI=1S/C14H25N3O2S/c1-12(2)17(3)9-8-16-20(18,19)11-14-6-4-13(10-15)5-7-14/h4-7,12,16H,8-11,15H2,1-3H3. The number of nitrogens with one attached hydrogen (secondary N) is 1. The molecule has 0 amide bonds. The maximum atomic E-state index is 12.0. The molecule has 0 fully saturated rings. The van der Waals surface area contributed by atoms with Crippen molar-refractivity contribution in [2.24, 2.45) is 5.73 Å². The van der Waals surface area contributed by atoms with Gasteiger partial charge in [0.05, 0.1) is 5.75 Å². The van der Waals surface area contributed by atoms with Crippen LogP contribution in [0.1, 0.15) is 25.0 Å². The lowest BCUT2D eigenvalue weighted by molar-refractivity contribution is 0.278. The predicted molar refractivity (Wildman–Crippen MR) is 82.7 cm³/mol. The Morgan fingerprint density at radius 3 is 2.25 bits per heavy atom. The Labute approximate surface area is 122 Å². The highest BCUT2D eigenvalue weighted by atomic mass is 32.2. The second-order valence-corrected chi connectivity index (χ2v) is 7.06. The molecule has 0 saturated carbocycles. The molecule has 0 spiro atoms. The van der Waals surface area contributed by atoms with E-state index in [9.17, 15) is 8.42 Å². The molecular formula is C14H25N3O2S. The SMILES string of the molecule is CC(C)N(C)CCNS(=O)(=O)Cc1ccc(CN)cc1. The molecule has 6 heteroatoms. The van der Waals surface area contributed by atoms with Gasteiger partial charge in [0.2, 0.25) is 10.0 Å². The van der Waals surface area contributed by atoms with Crippen LogP contribution < -0.4 is 10.5 Å². The van der Waals surface area contributed by atoms with Crippen LogP contribution in [-0.2, 0) is 22.3 Å². The summed E-state index contributed by atoms with van der Waals surface area (Å²) in [5.41, 5.74) is 7.28. The lowest BCUT2D eigenvalue weighted by atomic mass is 10.1. The molecule has 0 aliphatic heterocycles. The van der Waals surface area contributed by atoms with Gasteiger partial charge in [-0.05, 0) is 32.0 Å². The van der Waals surface area contributed by atoms with E-state index >= 15 is 0 Å². The topological polar surface area (TPSA) is 75.4 Å². The minimum absolute atomic E-state index is 0.00322. The third-order valence-electron chi connectivity index (χ3n) is 3.28. The van der Waals surface area contributed by atoms with Gasteiger partial charge >= 0.3 is 0 Å². The molecule has 0 aromatic heterocycles. The smallest absolute Gasteiger partial charge is 0.215 e. The van der Waals surface area contributed by atoms with Crippen LogP contribution >= 0.6 is 0 Å². The van der Waals surface area contributed by atoms with E-state index < -0.39 is 10.0 Å². The monoisotopic (exact) mass is 299 g/mol. The number of nitrogens with zero attached hydrogens (tertiary/aromatic N) is 1. The Balaban J connectivity index is 2.48. The molecule has 0 saturated heterocycles. The van der Waals surface area contributed by atoms with Crippen molar-refractivity contribution in [2.45, 2.75) is 32.2 Å². The maximum absolute atomic E-state index is 12.0. The molecule has 20 heavy (non-hydrogen) atoms. The zero-order valence-corrected chi connectivity index (χ0v) is 13.3. The second-order valence-electron chi connectivity index (χ2n) is 5.25. The van der Waals surface area contributed by atoms with Crippen LogP contribution in [0.4, 0.5) is 0 Å². The number of benzene rings is 1. The summed E-state index contributed by atoms with van der Waals surface area (Å²) >= 11 is 0.